The van der Waals surface area contributed by atoms with Crippen molar-refractivity contribution in [3.8, 4) is 11.5 Å². The Bertz CT molecular complexity index is 1330. The van der Waals surface area contributed by atoms with E-state index in [1.165, 1.54) is 36.1 Å². The average Bonchev–Trinajstić information content (AvgIpc) is 3.41. The molecule has 2 aliphatic heterocycles. The Kier molecular flexibility index (Phi) is 7.22. The van der Waals surface area contributed by atoms with Crippen molar-refractivity contribution in [3.05, 3.63) is 53.9 Å². The Morgan fingerprint density at radius 2 is 1.90 bits per heavy atom. The number of carbonyl (C=O) groups is 1. The lowest BCUT2D eigenvalue weighted by Crippen LogP contribution is -2.61. The summed E-state index contributed by atoms with van der Waals surface area (Å²) in [5.74, 6) is -1.28. The fourth-order valence-corrected chi connectivity index (χ4v) is 6.12. The van der Waals surface area contributed by atoms with Crippen LogP contribution in [0.4, 0.5) is 24.5 Å². The van der Waals surface area contributed by atoms with Crippen LogP contribution in [0.15, 0.2) is 40.9 Å². The van der Waals surface area contributed by atoms with Gasteiger partial charge in [0.05, 0.1) is 42.4 Å². The normalized spacial score (nSPS) is 19.4. The van der Waals surface area contributed by atoms with Gasteiger partial charge in [-0.3, -0.25) is 9.78 Å². The summed E-state index contributed by atoms with van der Waals surface area (Å²) >= 11 is 0. The van der Waals surface area contributed by atoms with E-state index in [1.54, 1.807) is 18.2 Å². The van der Waals surface area contributed by atoms with Crippen molar-refractivity contribution < 1.29 is 27.1 Å². The number of carbonyl (C=O) groups excluding carboxylic acids is 1. The molecule has 9 nitrogen and oxygen atoms in total. The first-order valence-corrected chi connectivity index (χ1v) is 13.5. The molecule has 2 saturated heterocycles. The van der Waals surface area contributed by atoms with Crippen LogP contribution in [0, 0.1) is 11.2 Å². The standard InChI is InChI=1S/C28H31F3N6O3/c1-35(21-6-8-36(9-7-21)22-11-28(12-22)15-39-16-28)23-5-3-19(29)10-24(23)37(17-38)14-20-4-2-18(13-32-20)26-33-34-27(40-26)25(30)31/h2-5,10,13,17,21-22,25H,6-9,11-12,14-16H2,1H3. The van der Waals surface area contributed by atoms with Gasteiger partial charge >= 0.3 is 6.43 Å². The van der Waals surface area contributed by atoms with Gasteiger partial charge in [0.15, 0.2) is 0 Å². The van der Waals surface area contributed by atoms with E-state index in [4.69, 9.17) is 9.15 Å². The molecule has 4 heterocycles. The number of likely N-dealkylation sites (tertiary alicyclic amines) is 1. The molecular formula is C28H31F3N6O3. The third kappa shape index (κ3) is 5.17. The number of alkyl halides is 2. The van der Waals surface area contributed by atoms with E-state index in [0.717, 1.165) is 44.8 Å². The molecule has 0 radical (unpaired) electrons. The summed E-state index contributed by atoms with van der Waals surface area (Å²) < 4.78 is 50.3. The molecule has 0 unspecified atom stereocenters. The highest BCUT2D eigenvalue weighted by Crippen LogP contribution is 2.49. The van der Waals surface area contributed by atoms with Gasteiger partial charge in [0.25, 0.3) is 5.89 Å². The van der Waals surface area contributed by atoms with E-state index in [9.17, 15) is 18.0 Å². The Labute approximate surface area is 229 Å². The second-order valence-corrected chi connectivity index (χ2v) is 11.1. The molecule has 1 aromatic carbocycles. The summed E-state index contributed by atoms with van der Waals surface area (Å²) in [5.41, 5.74) is 2.56. The number of anilines is 2. The Morgan fingerprint density at radius 1 is 1.12 bits per heavy atom. The molecular weight excluding hydrogens is 525 g/mol. The zero-order valence-corrected chi connectivity index (χ0v) is 22.2. The molecule has 12 heteroatoms. The topological polar surface area (TPSA) is 87.8 Å². The summed E-state index contributed by atoms with van der Waals surface area (Å²) in [7, 11) is 2.00. The average molecular weight is 557 g/mol. The van der Waals surface area contributed by atoms with E-state index < -0.39 is 18.1 Å². The molecule has 0 atom stereocenters. The number of aromatic nitrogens is 3. The van der Waals surface area contributed by atoms with Crippen molar-refractivity contribution in [1.82, 2.24) is 20.1 Å². The van der Waals surface area contributed by atoms with E-state index in [2.05, 4.69) is 25.0 Å². The molecule has 0 bridgehead atoms. The first-order chi connectivity index (χ1) is 19.3. The van der Waals surface area contributed by atoms with Gasteiger partial charge < -0.3 is 23.9 Å². The number of benzene rings is 1. The van der Waals surface area contributed by atoms with Gasteiger partial charge in [0, 0.05) is 43.8 Å². The maximum atomic E-state index is 14.4. The third-order valence-electron chi connectivity index (χ3n) is 8.50. The van der Waals surface area contributed by atoms with Crippen molar-refractivity contribution in [3.63, 3.8) is 0 Å². The van der Waals surface area contributed by atoms with Crippen LogP contribution in [0.5, 0.6) is 0 Å². The molecule has 3 fully saturated rings. The van der Waals surface area contributed by atoms with Gasteiger partial charge in [-0.1, -0.05) is 0 Å². The lowest BCUT2D eigenvalue weighted by molar-refractivity contribution is -0.185. The predicted octanol–water partition coefficient (Wildman–Crippen LogP) is 4.45. The smallest absolute Gasteiger partial charge is 0.314 e. The number of nitrogens with zero attached hydrogens (tertiary/aromatic N) is 6. The molecule has 3 aromatic rings. The van der Waals surface area contributed by atoms with E-state index in [-0.39, 0.29) is 18.5 Å². The lowest BCUT2D eigenvalue weighted by atomic mass is 9.63. The monoisotopic (exact) mass is 556 g/mol. The third-order valence-corrected chi connectivity index (χ3v) is 8.50. The molecule has 0 N–H and O–H groups in total. The quantitative estimate of drug-likeness (QED) is 0.358. The number of pyridine rings is 1. The van der Waals surface area contributed by atoms with Crippen LogP contribution in [0.1, 0.15) is 43.7 Å². The zero-order chi connectivity index (χ0) is 27.9. The summed E-state index contributed by atoms with van der Waals surface area (Å²) in [6, 6.07) is 8.63. The summed E-state index contributed by atoms with van der Waals surface area (Å²) in [5, 5.41) is 6.95. The minimum atomic E-state index is -2.86. The number of rotatable bonds is 9. The van der Waals surface area contributed by atoms with Gasteiger partial charge in [0.2, 0.25) is 12.3 Å². The number of ether oxygens (including phenoxy) is 1. The molecule has 40 heavy (non-hydrogen) atoms. The van der Waals surface area contributed by atoms with Crippen LogP contribution in [0.25, 0.3) is 11.5 Å². The van der Waals surface area contributed by atoms with Crippen molar-refractivity contribution >= 4 is 17.8 Å². The van der Waals surface area contributed by atoms with E-state index in [0.29, 0.717) is 34.8 Å². The minimum Gasteiger partial charge on any atom is -0.415 e. The summed E-state index contributed by atoms with van der Waals surface area (Å²) in [6.45, 7) is 3.93. The van der Waals surface area contributed by atoms with Crippen LogP contribution in [0.3, 0.4) is 0 Å². The Morgan fingerprint density at radius 3 is 2.50 bits per heavy atom. The zero-order valence-electron chi connectivity index (χ0n) is 22.2. The van der Waals surface area contributed by atoms with Crippen LogP contribution >= 0.6 is 0 Å². The van der Waals surface area contributed by atoms with Crippen LogP contribution < -0.4 is 9.80 Å². The number of piperidine rings is 1. The first kappa shape index (κ1) is 26.7. The molecule has 3 aliphatic rings. The Balaban J connectivity index is 1.12. The lowest BCUT2D eigenvalue weighted by Gasteiger charge is -2.57. The highest BCUT2D eigenvalue weighted by Gasteiger charge is 2.51. The fourth-order valence-electron chi connectivity index (χ4n) is 6.12. The fraction of sp³-hybridized carbons (Fsp3) is 0.500. The van der Waals surface area contributed by atoms with Crippen molar-refractivity contribution in [2.24, 2.45) is 5.41 Å². The van der Waals surface area contributed by atoms with Crippen molar-refractivity contribution in [1.29, 1.82) is 0 Å². The number of hydrogen-bond donors (Lipinski definition) is 0. The largest absolute Gasteiger partial charge is 0.415 e. The van der Waals surface area contributed by atoms with Crippen LogP contribution in [-0.4, -0.2) is 71.9 Å². The molecule has 2 aromatic heterocycles. The van der Waals surface area contributed by atoms with Crippen LogP contribution in [-0.2, 0) is 16.1 Å². The molecule has 6 rings (SSSR count). The number of amides is 1. The van der Waals surface area contributed by atoms with Crippen LogP contribution in [0.2, 0.25) is 0 Å². The number of halogens is 3. The van der Waals surface area contributed by atoms with Crippen molar-refractivity contribution in [2.45, 2.75) is 50.7 Å². The predicted molar refractivity (Wildman–Crippen MR) is 140 cm³/mol. The maximum absolute atomic E-state index is 14.4. The van der Waals surface area contributed by atoms with Gasteiger partial charge in [-0.25, -0.2) is 4.39 Å². The Hall–Kier alpha value is -3.51. The highest BCUT2D eigenvalue weighted by atomic mass is 19.3. The highest BCUT2D eigenvalue weighted by molar-refractivity contribution is 5.84. The molecule has 212 valence electrons. The second-order valence-electron chi connectivity index (χ2n) is 11.1. The van der Waals surface area contributed by atoms with E-state index >= 15 is 0 Å². The minimum absolute atomic E-state index is 0.0736. The molecule has 1 saturated carbocycles. The molecule has 1 aliphatic carbocycles. The maximum Gasteiger partial charge on any atom is 0.314 e. The first-order valence-electron chi connectivity index (χ1n) is 13.5. The van der Waals surface area contributed by atoms with Gasteiger partial charge in [0.1, 0.15) is 5.82 Å². The van der Waals surface area contributed by atoms with Crippen molar-refractivity contribution in [2.75, 3.05) is 43.2 Å². The molecule has 1 amide bonds. The second kappa shape index (κ2) is 10.8. The van der Waals surface area contributed by atoms with Gasteiger partial charge in [-0.15, -0.1) is 10.2 Å². The van der Waals surface area contributed by atoms with Gasteiger partial charge in [-0.2, -0.15) is 8.78 Å². The SMILES string of the molecule is CN(c1ccc(F)cc1N(C=O)Cc1ccc(-c2nnc(C(F)F)o2)cn1)C1CCN(C2CC3(COC3)C2)CC1. The number of hydrogen-bond acceptors (Lipinski definition) is 8. The summed E-state index contributed by atoms with van der Waals surface area (Å²) in [6.07, 6.45) is 3.64. The molecule has 1 spiro atoms. The summed E-state index contributed by atoms with van der Waals surface area (Å²) in [4.78, 5) is 22.7. The van der Waals surface area contributed by atoms with E-state index in [1.807, 2.05) is 7.05 Å². The van der Waals surface area contributed by atoms with Gasteiger partial charge in [-0.05, 0) is 56.0 Å².